The van der Waals surface area contributed by atoms with Crippen molar-refractivity contribution in [3.05, 3.63) is 69.7 Å². The number of amides is 1. The fraction of sp³-hybridized carbons (Fsp3) is 0.346. The highest BCUT2D eigenvalue weighted by Crippen LogP contribution is 2.34. The van der Waals surface area contributed by atoms with Crippen LogP contribution in [0.4, 0.5) is 13.2 Å². The lowest BCUT2D eigenvalue weighted by Crippen LogP contribution is -2.42. The van der Waals surface area contributed by atoms with E-state index >= 15 is 0 Å². The maximum absolute atomic E-state index is 13.1. The van der Waals surface area contributed by atoms with E-state index in [2.05, 4.69) is 14.6 Å². The zero-order valence-corrected chi connectivity index (χ0v) is 24.7. The molecule has 0 saturated carbocycles. The molecule has 0 radical (unpaired) electrons. The molecule has 9 nitrogen and oxygen atoms in total. The molecule has 15 heteroatoms. The lowest BCUT2D eigenvalue weighted by molar-refractivity contribution is -0.156. The number of carbonyl (C=O) groups is 2. The molecule has 0 fully saturated rings. The maximum atomic E-state index is 13.1. The zero-order valence-electron chi connectivity index (χ0n) is 22.4. The normalized spacial score (nSPS) is 13.8. The van der Waals surface area contributed by atoms with Gasteiger partial charge in [0, 0.05) is 27.2 Å². The van der Waals surface area contributed by atoms with Gasteiger partial charge in [0.1, 0.15) is 11.6 Å². The topological polar surface area (TPSA) is 117 Å². The van der Waals surface area contributed by atoms with Crippen molar-refractivity contribution in [1.29, 1.82) is 0 Å². The fourth-order valence-electron chi connectivity index (χ4n) is 3.50. The van der Waals surface area contributed by atoms with Gasteiger partial charge in [0.05, 0.1) is 11.7 Å². The molecule has 0 saturated heterocycles. The van der Waals surface area contributed by atoms with Crippen LogP contribution in [0.25, 0.3) is 11.3 Å². The van der Waals surface area contributed by atoms with E-state index in [-0.39, 0.29) is 21.3 Å². The second kappa shape index (κ2) is 11.9. The Labute approximate surface area is 244 Å². The Balaban J connectivity index is 1.92. The molecule has 222 valence electrons. The van der Waals surface area contributed by atoms with Gasteiger partial charge in [-0.05, 0) is 70.5 Å². The Hall–Kier alpha value is -3.29. The van der Waals surface area contributed by atoms with E-state index in [9.17, 15) is 31.2 Å². The van der Waals surface area contributed by atoms with Crippen molar-refractivity contribution in [1.82, 2.24) is 15.1 Å². The number of alkyl halides is 3. The first-order valence-corrected chi connectivity index (χ1v) is 14.1. The molecule has 41 heavy (non-hydrogen) atoms. The molecule has 0 unspecified atom stereocenters. The van der Waals surface area contributed by atoms with Gasteiger partial charge in [0.15, 0.2) is 0 Å². The van der Waals surface area contributed by atoms with E-state index in [1.165, 1.54) is 56.3 Å². The molecule has 0 spiro atoms. The molecule has 0 aliphatic carbocycles. The van der Waals surface area contributed by atoms with Crippen LogP contribution in [0.15, 0.2) is 48.5 Å². The van der Waals surface area contributed by atoms with Crippen molar-refractivity contribution in [2.45, 2.75) is 57.8 Å². The summed E-state index contributed by atoms with van der Waals surface area (Å²) in [6, 6.07) is 9.39. The summed E-state index contributed by atoms with van der Waals surface area (Å²) in [4.78, 5) is 24.8. The number of benzene rings is 2. The van der Waals surface area contributed by atoms with Crippen molar-refractivity contribution in [3.63, 3.8) is 0 Å². The molecule has 1 amide bonds. The largest absolute Gasteiger partial charge is 0.534 e. The molecule has 0 aliphatic rings. The lowest BCUT2D eigenvalue weighted by Gasteiger charge is -2.22. The second-order valence-corrected chi connectivity index (χ2v) is 12.4. The van der Waals surface area contributed by atoms with Gasteiger partial charge in [-0.1, -0.05) is 35.3 Å². The Morgan fingerprint density at radius 1 is 0.976 bits per heavy atom. The minimum atomic E-state index is -6.03. The summed E-state index contributed by atoms with van der Waals surface area (Å²) in [5.41, 5.74) is -5.45. The van der Waals surface area contributed by atoms with Crippen LogP contribution in [-0.2, 0) is 19.6 Å². The zero-order chi connectivity index (χ0) is 30.9. The Bertz CT molecular complexity index is 1530. The van der Waals surface area contributed by atoms with Gasteiger partial charge in [-0.3, -0.25) is 4.79 Å². The number of hydrogen-bond acceptors (Lipinski definition) is 7. The van der Waals surface area contributed by atoms with E-state index in [0.29, 0.717) is 11.1 Å². The molecule has 1 heterocycles. The number of hydrogen-bond donors (Lipinski definition) is 1. The first-order chi connectivity index (χ1) is 18.8. The van der Waals surface area contributed by atoms with Crippen LogP contribution in [-0.4, -0.2) is 47.2 Å². The average molecular weight is 636 g/mol. The molecular weight excluding hydrogens is 610 g/mol. The Morgan fingerprint density at radius 2 is 1.54 bits per heavy atom. The predicted octanol–water partition coefficient (Wildman–Crippen LogP) is 6.15. The highest BCUT2D eigenvalue weighted by Gasteiger charge is 2.49. The molecule has 3 rings (SSSR count). The number of rotatable bonds is 8. The molecule has 1 aromatic heterocycles. The van der Waals surface area contributed by atoms with E-state index in [1.807, 2.05) is 0 Å². The monoisotopic (exact) mass is 635 g/mol. The van der Waals surface area contributed by atoms with Gasteiger partial charge in [0.2, 0.25) is 5.88 Å². The average Bonchev–Trinajstić information content (AvgIpc) is 3.24. The first kappa shape index (κ1) is 32.2. The van der Waals surface area contributed by atoms with Gasteiger partial charge in [-0.15, -0.1) is 0 Å². The van der Waals surface area contributed by atoms with E-state index in [0.717, 1.165) is 10.7 Å². The predicted molar refractivity (Wildman–Crippen MR) is 146 cm³/mol. The molecule has 1 N–H and O–H groups in total. The number of nitrogens with one attached hydrogen (secondary N) is 1. The molecule has 2 atom stereocenters. The summed E-state index contributed by atoms with van der Waals surface area (Å²) >= 11 is 12.1. The minimum absolute atomic E-state index is 0.0424. The van der Waals surface area contributed by atoms with Crippen LogP contribution in [0.5, 0.6) is 5.88 Å². The van der Waals surface area contributed by atoms with Gasteiger partial charge >= 0.3 is 21.6 Å². The van der Waals surface area contributed by atoms with Crippen LogP contribution in [0, 0.1) is 0 Å². The maximum Gasteiger partial charge on any atom is 0.534 e. The summed E-state index contributed by atoms with van der Waals surface area (Å²) < 4.78 is 73.6. The quantitative estimate of drug-likeness (QED) is 0.179. The van der Waals surface area contributed by atoms with Crippen molar-refractivity contribution >= 4 is 45.2 Å². The molecule has 3 aromatic rings. The highest BCUT2D eigenvalue weighted by molar-refractivity contribution is 7.87. The van der Waals surface area contributed by atoms with Crippen molar-refractivity contribution in [2.75, 3.05) is 0 Å². The third kappa shape index (κ3) is 8.14. The molecule has 2 aromatic carbocycles. The van der Waals surface area contributed by atoms with Crippen LogP contribution >= 0.6 is 23.2 Å². The lowest BCUT2D eigenvalue weighted by atomic mass is 10.1. The van der Waals surface area contributed by atoms with Crippen molar-refractivity contribution in [3.8, 4) is 17.1 Å². The summed E-state index contributed by atoms with van der Waals surface area (Å²) in [6.07, 6.45) is 0. The van der Waals surface area contributed by atoms with Gasteiger partial charge < -0.3 is 14.2 Å². The van der Waals surface area contributed by atoms with Gasteiger partial charge in [-0.2, -0.15) is 26.7 Å². The number of carbonyl (C=O) groups excluding carboxylic acids is 2. The standard InChI is InChI=1S/C26H26Cl2F3N3O6S/c1-14(24(36)39-25(3,4)5)32-23(35)17-8-6-16(7-9-17)15(2)34-22(40-41(37,38)26(29,30)31)13-21(33-34)18-10-19(27)12-20(28)11-18/h6-15H,1-5H3,(H,32,35)/t14-,15-/m0/s1. The minimum Gasteiger partial charge on any atom is -0.458 e. The van der Waals surface area contributed by atoms with Gasteiger partial charge in [-0.25, -0.2) is 9.48 Å². The van der Waals surface area contributed by atoms with Crippen LogP contribution in [0.3, 0.4) is 0 Å². The Morgan fingerprint density at radius 3 is 2.05 bits per heavy atom. The Kier molecular flexibility index (Phi) is 9.36. The second-order valence-electron chi connectivity index (χ2n) is 9.98. The fourth-order valence-corrected chi connectivity index (χ4v) is 4.47. The van der Waals surface area contributed by atoms with E-state index in [1.54, 1.807) is 20.8 Å². The van der Waals surface area contributed by atoms with Crippen LogP contribution in [0.1, 0.15) is 56.6 Å². The molecular formula is C26H26Cl2F3N3O6S. The summed E-state index contributed by atoms with van der Waals surface area (Å²) in [7, 11) is -6.03. The third-order valence-electron chi connectivity index (χ3n) is 5.47. The number of esters is 1. The number of halogens is 5. The van der Waals surface area contributed by atoms with Crippen molar-refractivity contribution < 1.29 is 40.1 Å². The van der Waals surface area contributed by atoms with Crippen LogP contribution < -0.4 is 9.50 Å². The SMILES string of the molecule is C[C@H](NC(=O)c1ccc([C@H](C)n2nc(-c3cc(Cl)cc(Cl)c3)cc2OS(=O)(=O)C(F)(F)F)cc1)C(=O)OC(C)(C)C. The van der Waals surface area contributed by atoms with Crippen LogP contribution in [0.2, 0.25) is 10.0 Å². The smallest absolute Gasteiger partial charge is 0.458 e. The third-order valence-corrected chi connectivity index (χ3v) is 6.86. The van der Waals surface area contributed by atoms with E-state index < -0.39 is 51.1 Å². The molecule has 0 aliphatic heterocycles. The first-order valence-electron chi connectivity index (χ1n) is 12.0. The van der Waals surface area contributed by atoms with Gasteiger partial charge in [0.25, 0.3) is 5.91 Å². The highest BCUT2D eigenvalue weighted by atomic mass is 35.5. The molecule has 0 bridgehead atoms. The summed E-state index contributed by atoms with van der Waals surface area (Å²) in [5, 5.41) is 7.23. The van der Waals surface area contributed by atoms with Crippen molar-refractivity contribution in [2.24, 2.45) is 0 Å². The summed E-state index contributed by atoms with van der Waals surface area (Å²) in [5.74, 6) is -1.90. The summed E-state index contributed by atoms with van der Waals surface area (Å²) in [6.45, 7) is 8.10. The number of nitrogens with zero attached hydrogens (tertiary/aromatic N) is 2. The number of aromatic nitrogens is 2. The number of ether oxygens (including phenoxy) is 1. The van der Waals surface area contributed by atoms with E-state index in [4.69, 9.17) is 27.9 Å².